The number of benzene rings is 1. The fourth-order valence-corrected chi connectivity index (χ4v) is 3.52. The first-order valence-corrected chi connectivity index (χ1v) is 7.65. The van der Waals surface area contributed by atoms with Gasteiger partial charge in [-0.2, -0.15) is 8.78 Å². The number of halogens is 2. The molecule has 0 aliphatic heterocycles. The lowest BCUT2D eigenvalue weighted by Gasteiger charge is -2.08. The van der Waals surface area contributed by atoms with Crippen LogP contribution in [-0.2, 0) is 10.0 Å². The number of nitrogens with two attached hydrogens (primary N) is 1. The molecule has 0 spiro atoms. The molecule has 108 valence electrons. The molecule has 0 bridgehead atoms. The van der Waals surface area contributed by atoms with Gasteiger partial charge in [-0.3, -0.25) is 4.72 Å². The molecule has 0 aliphatic carbocycles. The second-order valence-corrected chi connectivity index (χ2v) is 6.53. The number of ether oxygens (including phenoxy) is 1. The van der Waals surface area contributed by atoms with Crippen LogP contribution in [0.1, 0.15) is 0 Å². The van der Waals surface area contributed by atoms with E-state index in [1.54, 1.807) is 0 Å². The molecule has 5 nitrogen and oxygen atoms in total. The zero-order valence-electron chi connectivity index (χ0n) is 9.92. The van der Waals surface area contributed by atoms with Crippen molar-refractivity contribution in [1.82, 2.24) is 0 Å². The Labute approximate surface area is 118 Å². The van der Waals surface area contributed by atoms with E-state index >= 15 is 0 Å². The van der Waals surface area contributed by atoms with Gasteiger partial charge >= 0.3 is 6.61 Å². The van der Waals surface area contributed by atoms with E-state index in [0.717, 1.165) is 11.3 Å². The van der Waals surface area contributed by atoms with Gasteiger partial charge in [0.2, 0.25) is 0 Å². The molecule has 0 amide bonds. The highest BCUT2D eigenvalue weighted by Gasteiger charge is 2.16. The van der Waals surface area contributed by atoms with E-state index in [-0.39, 0.29) is 15.6 Å². The quantitative estimate of drug-likeness (QED) is 0.887. The molecule has 2 rings (SSSR count). The van der Waals surface area contributed by atoms with Crippen molar-refractivity contribution in [1.29, 1.82) is 0 Å². The van der Waals surface area contributed by atoms with E-state index in [4.69, 9.17) is 5.73 Å². The average Bonchev–Trinajstić information content (AvgIpc) is 2.78. The lowest BCUT2D eigenvalue weighted by atomic mass is 10.3. The average molecular weight is 320 g/mol. The van der Waals surface area contributed by atoms with Gasteiger partial charge in [-0.05, 0) is 30.3 Å². The van der Waals surface area contributed by atoms with Crippen LogP contribution in [0.25, 0.3) is 0 Å². The van der Waals surface area contributed by atoms with Crippen molar-refractivity contribution in [2.45, 2.75) is 10.8 Å². The number of nitrogen functional groups attached to an aromatic ring is 1. The van der Waals surface area contributed by atoms with Crippen LogP contribution in [0.15, 0.2) is 39.9 Å². The molecule has 0 saturated heterocycles. The van der Waals surface area contributed by atoms with Gasteiger partial charge in [0.15, 0.2) is 0 Å². The van der Waals surface area contributed by atoms with Crippen LogP contribution in [0.5, 0.6) is 5.75 Å². The zero-order valence-corrected chi connectivity index (χ0v) is 11.5. The van der Waals surface area contributed by atoms with Gasteiger partial charge in [0, 0.05) is 16.8 Å². The fourth-order valence-electron chi connectivity index (χ4n) is 1.38. The Hall–Kier alpha value is -1.87. The fraction of sp³-hybridized carbons (Fsp3) is 0.0909. The zero-order chi connectivity index (χ0) is 14.8. The third-order valence-corrected chi connectivity index (χ3v) is 5.03. The Kier molecular flexibility index (Phi) is 4.09. The Balaban J connectivity index is 2.13. The monoisotopic (exact) mass is 320 g/mol. The van der Waals surface area contributed by atoms with Crippen LogP contribution < -0.4 is 15.2 Å². The summed E-state index contributed by atoms with van der Waals surface area (Å²) in [5.41, 5.74) is 6.06. The number of anilines is 2. The van der Waals surface area contributed by atoms with Gasteiger partial charge in [-0.1, -0.05) is 0 Å². The van der Waals surface area contributed by atoms with Crippen molar-refractivity contribution in [3.05, 3.63) is 35.7 Å². The molecule has 0 unspecified atom stereocenters. The molecule has 0 atom stereocenters. The summed E-state index contributed by atoms with van der Waals surface area (Å²) in [7, 11) is -3.73. The van der Waals surface area contributed by atoms with Crippen LogP contribution in [-0.4, -0.2) is 15.0 Å². The highest BCUT2D eigenvalue weighted by molar-refractivity contribution is 7.94. The SMILES string of the molecule is Nc1csc(S(=O)(=O)Nc2ccc(OC(F)F)cc2)c1. The van der Waals surface area contributed by atoms with Crippen LogP contribution in [0.2, 0.25) is 0 Å². The lowest BCUT2D eigenvalue weighted by molar-refractivity contribution is -0.0498. The summed E-state index contributed by atoms with van der Waals surface area (Å²) in [6, 6.07) is 6.47. The first-order valence-electron chi connectivity index (χ1n) is 5.28. The molecule has 2 aromatic rings. The van der Waals surface area contributed by atoms with Crippen LogP contribution in [0.4, 0.5) is 20.2 Å². The Morgan fingerprint density at radius 1 is 1.25 bits per heavy atom. The normalized spacial score (nSPS) is 11.6. The molecule has 0 fully saturated rings. The van der Waals surface area contributed by atoms with Gasteiger partial charge in [0.1, 0.15) is 9.96 Å². The molecule has 0 saturated carbocycles. The van der Waals surface area contributed by atoms with Gasteiger partial charge in [0.25, 0.3) is 10.0 Å². The molecule has 9 heteroatoms. The van der Waals surface area contributed by atoms with Crippen molar-refractivity contribution in [2.75, 3.05) is 10.5 Å². The van der Waals surface area contributed by atoms with Gasteiger partial charge < -0.3 is 10.5 Å². The second kappa shape index (κ2) is 5.63. The van der Waals surface area contributed by atoms with Crippen molar-refractivity contribution in [3.8, 4) is 5.75 Å². The predicted octanol–water partition coefficient (Wildman–Crippen LogP) is 2.73. The summed E-state index contributed by atoms with van der Waals surface area (Å²) in [4.78, 5) is 0. The third-order valence-electron chi connectivity index (χ3n) is 2.19. The number of thiophene rings is 1. The molecular weight excluding hydrogens is 310 g/mol. The number of sulfonamides is 1. The molecular formula is C11H10F2N2O3S2. The Morgan fingerprint density at radius 3 is 2.40 bits per heavy atom. The summed E-state index contributed by atoms with van der Waals surface area (Å²) < 4.78 is 54.4. The van der Waals surface area contributed by atoms with Crippen molar-refractivity contribution < 1.29 is 21.9 Å². The van der Waals surface area contributed by atoms with E-state index in [0.29, 0.717) is 5.69 Å². The molecule has 0 radical (unpaired) electrons. The summed E-state index contributed by atoms with van der Waals surface area (Å²) in [6.07, 6.45) is 0. The number of rotatable bonds is 5. The van der Waals surface area contributed by atoms with Crippen LogP contribution >= 0.6 is 11.3 Å². The van der Waals surface area contributed by atoms with Gasteiger partial charge in [-0.25, -0.2) is 8.42 Å². The number of nitrogens with one attached hydrogen (secondary N) is 1. The predicted molar refractivity (Wildman–Crippen MR) is 72.6 cm³/mol. The molecule has 1 aromatic heterocycles. The number of alkyl halides is 2. The molecule has 3 N–H and O–H groups in total. The standard InChI is InChI=1S/C11H10F2N2O3S2/c12-11(13)18-9-3-1-8(2-4-9)15-20(16,17)10-5-7(14)6-19-10/h1-6,11,15H,14H2. The van der Waals surface area contributed by atoms with Gasteiger partial charge in [0.05, 0.1) is 0 Å². The Bertz CT molecular complexity index is 684. The summed E-state index contributed by atoms with van der Waals surface area (Å²) in [6.45, 7) is -2.92. The topological polar surface area (TPSA) is 81.4 Å². The van der Waals surface area contributed by atoms with Crippen molar-refractivity contribution in [3.63, 3.8) is 0 Å². The molecule has 20 heavy (non-hydrogen) atoms. The minimum atomic E-state index is -3.73. The summed E-state index contributed by atoms with van der Waals surface area (Å²) in [5.74, 6) is -0.0525. The van der Waals surface area contributed by atoms with Crippen molar-refractivity contribution >= 4 is 32.7 Å². The van der Waals surface area contributed by atoms with Crippen LogP contribution in [0.3, 0.4) is 0 Å². The van der Waals surface area contributed by atoms with E-state index < -0.39 is 16.6 Å². The van der Waals surface area contributed by atoms with E-state index in [1.165, 1.54) is 35.7 Å². The van der Waals surface area contributed by atoms with Crippen LogP contribution in [0, 0.1) is 0 Å². The smallest absolute Gasteiger partial charge is 0.387 e. The minimum absolute atomic E-state index is 0.0525. The first-order chi connectivity index (χ1) is 9.37. The number of hydrogen-bond donors (Lipinski definition) is 2. The maximum absolute atomic E-state index is 12.0. The summed E-state index contributed by atoms with van der Waals surface area (Å²) in [5, 5.41) is 1.51. The maximum atomic E-state index is 12.0. The summed E-state index contributed by atoms with van der Waals surface area (Å²) >= 11 is 0.988. The maximum Gasteiger partial charge on any atom is 0.387 e. The highest BCUT2D eigenvalue weighted by atomic mass is 32.2. The van der Waals surface area contributed by atoms with Crippen molar-refractivity contribution in [2.24, 2.45) is 0 Å². The first kappa shape index (κ1) is 14.5. The van der Waals surface area contributed by atoms with E-state index in [1.807, 2.05) is 0 Å². The Morgan fingerprint density at radius 2 is 1.90 bits per heavy atom. The van der Waals surface area contributed by atoms with E-state index in [9.17, 15) is 17.2 Å². The largest absolute Gasteiger partial charge is 0.435 e. The van der Waals surface area contributed by atoms with E-state index in [2.05, 4.69) is 9.46 Å². The molecule has 1 aromatic carbocycles. The minimum Gasteiger partial charge on any atom is -0.435 e. The highest BCUT2D eigenvalue weighted by Crippen LogP contribution is 2.25. The third kappa shape index (κ3) is 3.58. The molecule has 1 heterocycles. The lowest BCUT2D eigenvalue weighted by Crippen LogP contribution is -2.11. The molecule has 0 aliphatic rings. The van der Waals surface area contributed by atoms with Gasteiger partial charge in [-0.15, -0.1) is 11.3 Å². The second-order valence-electron chi connectivity index (χ2n) is 3.71. The number of hydrogen-bond acceptors (Lipinski definition) is 5.